The second-order valence-electron chi connectivity index (χ2n) is 5.92. The third kappa shape index (κ3) is 4.98. The molecule has 3 heterocycles. The molecule has 132 valence electrons. The average molecular weight is 359 g/mol. The zero-order chi connectivity index (χ0) is 17.5. The van der Waals surface area contributed by atoms with Gasteiger partial charge in [0.15, 0.2) is 6.29 Å². The van der Waals surface area contributed by atoms with E-state index in [1.165, 1.54) is 0 Å². The Hall–Kier alpha value is -2.02. The second kappa shape index (κ2) is 8.89. The lowest BCUT2D eigenvalue weighted by molar-refractivity contribution is -0.242. The Labute approximate surface area is 150 Å². The first-order chi connectivity index (χ1) is 12.2. The summed E-state index contributed by atoms with van der Waals surface area (Å²) in [5, 5.41) is 10.7. The molecule has 25 heavy (non-hydrogen) atoms. The summed E-state index contributed by atoms with van der Waals surface area (Å²) in [6, 6.07) is 7.94. The van der Waals surface area contributed by atoms with Crippen molar-refractivity contribution >= 4 is 17.3 Å². The molecule has 0 unspecified atom stereocenters. The Bertz CT molecular complexity index is 687. The van der Waals surface area contributed by atoms with Gasteiger partial charge in [-0.05, 0) is 35.9 Å². The zero-order valence-electron chi connectivity index (χ0n) is 13.8. The number of hydrogen-bond acceptors (Lipinski definition) is 5. The Morgan fingerprint density at radius 3 is 3.00 bits per heavy atom. The lowest BCUT2D eigenvalue weighted by atomic mass is 9.93. The molecule has 0 amide bonds. The van der Waals surface area contributed by atoms with Crippen molar-refractivity contribution < 1.29 is 19.4 Å². The van der Waals surface area contributed by atoms with Crippen LogP contribution in [0.5, 0.6) is 0 Å². The minimum absolute atomic E-state index is 0.0985. The highest BCUT2D eigenvalue weighted by Gasteiger charge is 2.33. The van der Waals surface area contributed by atoms with Gasteiger partial charge >= 0.3 is 5.97 Å². The first kappa shape index (κ1) is 17.8. The van der Waals surface area contributed by atoms with Gasteiger partial charge in [-0.15, -0.1) is 11.3 Å². The largest absolute Gasteiger partial charge is 0.481 e. The minimum Gasteiger partial charge on any atom is -0.481 e. The lowest BCUT2D eigenvalue weighted by Gasteiger charge is -2.36. The number of rotatable bonds is 7. The molecule has 0 aliphatic carbocycles. The monoisotopic (exact) mass is 359 g/mol. The van der Waals surface area contributed by atoms with E-state index in [0.717, 1.165) is 16.9 Å². The van der Waals surface area contributed by atoms with Crippen molar-refractivity contribution in [2.24, 2.45) is 5.92 Å². The van der Waals surface area contributed by atoms with E-state index in [1.54, 1.807) is 17.5 Å². The summed E-state index contributed by atoms with van der Waals surface area (Å²) in [7, 11) is 0. The number of pyridine rings is 1. The summed E-state index contributed by atoms with van der Waals surface area (Å²) >= 11 is 1.62. The fraction of sp³-hybridized carbons (Fsp3) is 0.368. The molecule has 0 radical (unpaired) electrons. The molecule has 0 bridgehead atoms. The van der Waals surface area contributed by atoms with Crippen LogP contribution in [0.1, 0.15) is 42.1 Å². The van der Waals surface area contributed by atoms with E-state index < -0.39 is 5.97 Å². The number of thiophene rings is 1. The molecule has 6 heteroatoms. The van der Waals surface area contributed by atoms with E-state index in [1.807, 2.05) is 48.0 Å². The number of hydrogen-bond donors (Lipinski definition) is 1. The van der Waals surface area contributed by atoms with Crippen LogP contribution in [0.25, 0.3) is 0 Å². The van der Waals surface area contributed by atoms with Crippen molar-refractivity contribution in [1.82, 2.24) is 4.98 Å². The van der Waals surface area contributed by atoms with Crippen LogP contribution in [0.3, 0.4) is 0 Å². The van der Waals surface area contributed by atoms with Gasteiger partial charge in [0.05, 0.1) is 17.6 Å². The van der Waals surface area contributed by atoms with Gasteiger partial charge in [0.2, 0.25) is 0 Å². The maximum absolute atomic E-state index is 10.6. The molecule has 0 spiro atoms. The molecular formula is C19H21NO4S. The summed E-state index contributed by atoms with van der Waals surface area (Å²) in [5.74, 6) is -0.609. The highest BCUT2D eigenvalue weighted by Crippen LogP contribution is 2.40. The molecule has 2 aromatic rings. The number of carboxylic acids is 1. The molecule has 3 rings (SSSR count). The summed E-state index contributed by atoms with van der Waals surface area (Å²) in [6.45, 7) is 0.589. The molecule has 3 atom stereocenters. The standard InChI is InChI=1S/C19H21NO4S/c21-17(22)9-3-1-2-6-15-13-23-19(16-8-5-11-25-16)24-18(15)14-7-4-10-20-12-14/h1-2,4-5,7-8,10-12,15,18-19H,3,6,9,13H2,(H,21,22)/b2-1-/t15-,18-,19+/m1/s1. The first-order valence-corrected chi connectivity index (χ1v) is 9.19. The van der Waals surface area contributed by atoms with Crippen LogP contribution in [-0.2, 0) is 14.3 Å². The Morgan fingerprint density at radius 1 is 1.36 bits per heavy atom. The van der Waals surface area contributed by atoms with Crippen molar-refractivity contribution in [1.29, 1.82) is 0 Å². The SMILES string of the molecule is O=C(O)CC/C=C\C[C@@H]1CO[C@H](c2cccs2)O[C@@H]1c1cccnc1. The van der Waals surface area contributed by atoms with E-state index in [9.17, 15) is 4.79 Å². The molecule has 0 saturated carbocycles. The molecule has 1 N–H and O–H groups in total. The van der Waals surface area contributed by atoms with Crippen molar-refractivity contribution in [2.75, 3.05) is 6.61 Å². The quantitative estimate of drug-likeness (QED) is 0.744. The van der Waals surface area contributed by atoms with Gasteiger partial charge in [-0.2, -0.15) is 0 Å². The summed E-state index contributed by atoms with van der Waals surface area (Å²) in [5.41, 5.74) is 1.04. The van der Waals surface area contributed by atoms with Gasteiger partial charge < -0.3 is 14.6 Å². The van der Waals surface area contributed by atoms with Crippen LogP contribution in [0.15, 0.2) is 54.2 Å². The average Bonchev–Trinajstić information content (AvgIpc) is 3.17. The number of ether oxygens (including phenoxy) is 2. The highest BCUT2D eigenvalue weighted by atomic mass is 32.1. The topological polar surface area (TPSA) is 68.7 Å². The van der Waals surface area contributed by atoms with E-state index in [2.05, 4.69) is 4.98 Å². The third-order valence-corrected chi connectivity index (χ3v) is 4.97. The normalized spacial score (nSPS) is 23.8. The first-order valence-electron chi connectivity index (χ1n) is 8.31. The molecule has 2 aromatic heterocycles. The van der Waals surface area contributed by atoms with Crippen LogP contribution in [-0.4, -0.2) is 22.7 Å². The maximum atomic E-state index is 10.6. The van der Waals surface area contributed by atoms with E-state index in [4.69, 9.17) is 14.6 Å². The smallest absolute Gasteiger partial charge is 0.303 e. The van der Waals surface area contributed by atoms with Crippen LogP contribution in [0.4, 0.5) is 0 Å². The zero-order valence-corrected chi connectivity index (χ0v) is 14.6. The van der Waals surface area contributed by atoms with E-state index >= 15 is 0 Å². The number of carbonyl (C=O) groups is 1. The van der Waals surface area contributed by atoms with E-state index in [0.29, 0.717) is 13.0 Å². The molecule has 0 aromatic carbocycles. The molecule has 1 fully saturated rings. The fourth-order valence-electron chi connectivity index (χ4n) is 2.84. The molecule has 1 saturated heterocycles. The van der Waals surface area contributed by atoms with Crippen molar-refractivity contribution in [2.45, 2.75) is 31.7 Å². The van der Waals surface area contributed by atoms with Crippen molar-refractivity contribution in [3.8, 4) is 0 Å². The highest BCUT2D eigenvalue weighted by molar-refractivity contribution is 7.10. The Kier molecular flexibility index (Phi) is 6.33. The number of aromatic nitrogens is 1. The van der Waals surface area contributed by atoms with Crippen LogP contribution >= 0.6 is 11.3 Å². The molecule has 1 aliphatic heterocycles. The van der Waals surface area contributed by atoms with Crippen LogP contribution in [0, 0.1) is 5.92 Å². The third-order valence-electron chi connectivity index (χ3n) is 4.08. The molecule has 1 aliphatic rings. The van der Waals surface area contributed by atoms with Crippen molar-refractivity contribution in [3.63, 3.8) is 0 Å². The van der Waals surface area contributed by atoms with Gasteiger partial charge in [0.1, 0.15) is 0 Å². The van der Waals surface area contributed by atoms with Gasteiger partial charge in [0, 0.05) is 24.7 Å². The number of allylic oxidation sites excluding steroid dienone is 2. The van der Waals surface area contributed by atoms with Gasteiger partial charge in [-0.3, -0.25) is 9.78 Å². The Balaban J connectivity index is 1.67. The Morgan fingerprint density at radius 2 is 2.28 bits per heavy atom. The predicted octanol–water partition coefficient (Wildman–Crippen LogP) is 4.36. The molecular weight excluding hydrogens is 338 g/mol. The summed E-state index contributed by atoms with van der Waals surface area (Å²) < 4.78 is 12.2. The van der Waals surface area contributed by atoms with Gasteiger partial charge in [0.25, 0.3) is 0 Å². The molecule has 5 nitrogen and oxygen atoms in total. The van der Waals surface area contributed by atoms with Crippen molar-refractivity contribution in [3.05, 3.63) is 64.6 Å². The summed E-state index contributed by atoms with van der Waals surface area (Å²) in [4.78, 5) is 15.8. The number of nitrogens with zero attached hydrogens (tertiary/aromatic N) is 1. The number of carboxylic acid groups (broad SMARTS) is 1. The minimum atomic E-state index is -0.777. The van der Waals surface area contributed by atoms with Gasteiger partial charge in [-0.25, -0.2) is 0 Å². The van der Waals surface area contributed by atoms with Crippen LogP contribution in [0.2, 0.25) is 0 Å². The lowest BCUT2D eigenvalue weighted by Crippen LogP contribution is -2.30. The summed E-state index contributed by atoms with van der Waals surface area (Å²) in [6.07, 6.45) is 8.55. The second-order valence-corrected chi connectivity index (χ2v) is 6.90. The number of aliphatic carboxylic acids is 1. The predicted molar refractivity (Wildman–Crippen MR) is 95.2 cm³/mol. The van der Waals surface area contributed by atoms with Gasteiger partial charge in [-0.1, -0.05) is 24.3 Å². The van der Waals surface area contributed by atoms with E-state index in [-0.39, 0.29) is 24.7 Å². The fourth-order valence-corrected chi connectivity index (χ4v) is 3.54. The van der Waals surface area contributed by atoms with Crippen LogP contribution < -0.4 is 0 Å². The maximum Gasteiger partial charge on any atom is 0.303 e.